The molecule has 1 fully saturated rings. The average Bonchev–Trinajstić information content (AvgIpc) is 3.62. The summed E-state index contributed by atoms with van der Waals surface area (Å²) in [6.45, 7) is 1.75. The number of hydrogen-bond donors (Lipinski definition) is 4. The first kappa shape index (κ1) is 28.3. The highest BCUT2D eigenvalue weighted by atomic mass is 32.1. The van der Waals surface area contributed by atoms with E-state index in [0.29, 0.717) is 45.7 Å². The van der Waals surface area contributed by atoms with Crippen molar-refractivity contribution >= 4 is 46.6 Å². The lowest BCUT2D eigenvalue weighted by molar-refractivity contribution is -0.115. The van der Waals surface area contributed by atoms with E-state index in [-0.39, 0.29) is 22.8 Å². The third-order valence-electron chi connectivity index (χ3n) is 6.79. The van der Waals surface area contributed by atoms with Gasteiger partial charge in [-0.05, 0) is 66.8 Å². The summed E-state index contributed by atoms with van der Waals surface area (Å²) >= 11 is 5.77. The molecule has 1 aliphatic rings. The Morgan fingerprint density at radius 1 is 1.05 bits per heavy atom. The van der Waals surface area contributed by atoms with Gasteiger partial charge in [0.25, 0.3) is 0 Å². The van der Waals surface area contributed by atoms with Crippen molar-refractivity contribution in [3.63, 3.8) is 0 Å². The number of furan rings is 1. The molecular formula is C30H26N4O7S. The van der Waals surface area contributed by atoms with E-state index >= 15 is 0 Å². The van der Waals surface area contributed by atoms with Gasteiger partial charge < -0.3 is 34.9 Å². The van der Waals surface area contributed by atoms with Gasteiger partial charge in [0.1, 0.15) is 23.3 Å². The number of carbonyl (C=O) groups is 3. The Bertz CT molecular complexity index is 1660. The first-order valence-corrected chi connectivity index (χ1v) is 13.3. The number of nitrogens with zero attached hydrogens (tertiary/aromatic N) is 2. The van der Waals surface area contributed by atoms with Crippen LogP contribution in [0.1, 0.15) is 57.6 Å². The van der Waals surface area contributed by atoms with Gasteiger partial charge in [-0.25, -0.2) is 9.59 Å². The molecule has 2 aromatic heterocycles. The number of carboxylic acids is 2. The summed E-state index contributed by atoms with van der Waals surface area (Å²) in [6, 6.07) is 17.0. The van der Waals surface area contributed by atoms with Crippen LogP contribution in [-0.4, -0.2) is 45.3 Å². The van der Waals surface area contributed by atoms with Gasteiger partial charge in [0.05, 0.1) is 35.7 Å². The van der Waals surface area contributed by atoms with Crippen molar-refractivity contribution in [2.45, 2.75) is 25.4 Å². The Labute approximate surface area is 245 Å². The van der Waals surface area contributed by atoms with Crippen molar-refractivity contribution < 1.29 is 33.8 Å². The van der Waals surface area contributed by atoms with E-state index in [4.69, 9.17) is 21.4 Å². The molecule has 2 unspecified atom stereocenters. The molecule has 2 atom stereocenters. The fourth-order valence-electron chi connectivity index (χ4n) is 4.78. The number of benzene rings is 2. The van der Waals surface area contributed by atoms with Crippen LogP contribution in [0.25, 0.3) is 11.3 Å². The minimum atomic E-state index is -1.26. The topological polar surface area (TPSA) is 154 Å². The number of carboxylic acid groups (broad SMARTS) is 2. The van der Waals surface area contributed by atoms with Crippen molar-refractivity contribution in [1.82, 2.24) is 10.3 Å². The fraction of sp³-hybridized carbons (Fsp3) is 0.167. The maximum Gasteiger partial charge on any atom is 0.335 e. The van der Waals surface area contributed by atoms with Crippen molar-refractivity contribution in [1.29, 1.82) is 0 Å². The van der Waals surface area contributed by atoms with Crippen LogP contribution in [0.4, 0.5) is 11.4 Å². The number of amides is 1. The molecule has 0 bridgehead atoms. The van der Waals surface area contributed by atoms with Gasteiger partial charge in [-0.15, -0.1) is 0 Å². The molecule has 4 aromatic rings. The number of carbonyl (C=O) groups excluding carboxylic acids is 1. The molecule has 1 aliphatic heterocycles. The number of ether oxygens (including phenoxy) is 1. The van der Waals surface area contributed by atoms with Gasteiger partial charge in [0, 0.05) is 29.9 Å². The molecule has 1 amide bonds. The number of rotatable bonds is 9. The molecule has 2 aromatic carbocycles. The van der Waals surface area contributed by atoms with E-state index in [2.05, 4.69) is 15.6 Å². The summed E-state index contributed by atoms with van der Waals surface area (Å²) in [7, 11) is 1.50. The van der Waals surface area contributed by atoms with Crippen molar-refractivity contribution in [3.8, 4) is 17.1 Å². The van der Waals surface area contributed by atoms with Crippen LogP contribution in [0.5, 0.6) is 5.75 Å². The first-order chi connectivity index (χ1) is 20.2. The SMILES string of the molecule is CCC(=O)Nc1ccc(N2C(=S)NC(c3ccccn3)C2c2ccc(-c3cc(C(=O)O)cc(C(=O)O)c3)o2)cc1OC. The number of anilines is 2. The van der Waals surface area contributed by atoms with E-state index in [1.165, 1.54) is 19.2 Å². The highest BCUT2D eigenvalue weighted by molar-refractivity contribution is 7.80. The lowest BCUT2D eigenvalue weighted by atomic mass is 10.0. The Balaban J connectivity index is 1.60. The van der Waals surface area contributed by atoms with Gasteiger partial charge in [-0.3, -0.25) is 9.78 Å². The van der Waals surface area contributed by atoms with Crippen molar-refractivity contribution in [2.24, 2.45) is 0 Å². The second-order valence-corrected chi connectivity index (χ2v) is 9.78. The van der Waals surface area contributed by atoms with Gasteiger partial charge in [-0.1, -0.05) is 13.0 Å². The molecule has 4 N–H and O–H groups in total. The number of methoxy groups -OCH3 is 1. The quantitative estimate of drug-likeness (QED) is 0.190. The minimum Gasteiger partial charge on any atom is -0.494 e. The second kappa shape index (κ2) is 11.7. The first-order valence-electron chi connectivity index (χ1n) is 12.9. The van der Waals surface area contributed by atoms with Crippen LogP contribution in [0.15, 0.2) is 77.3 Å². The zero-order valence-electron chi connectivity index (χ0n) is 22.5. The van der Waals surface area contributed by atoms with E-state index in [9.17, 15) is 24.6 Å². The smallest absolute Gasteiger partial charge is 0.335 e. The second-order valence-electron chi connectivity index (χ2n) is 9.39. The summed E-state index contributed by atoms with van der Waals surface area (Å²) in [5.41, 5.74) is 1.80. The zero-order valence-corrected chi connectivity index (χ0v) is 23.3. The summed E-state index contributed by atoms with van der Waals surface area (Å²) in [5, 5.41) is 25.6. The fourth-order valence-corrected chi connectivity index (χ4v) is 5.12. The molecule has 1 saturated heterocycles. The normalized spacial score (nSPS) is 16.1. The average molecular weight is 587 g/mol. The standard InChI is InChI=1S/C30H26N4O7S/c1-3-25(35)32-20-8-7-19(15-24(20)40-2)34-27(26(33-30(34)42)21-6-4-5-11-31-21)23-10-9-22(41-23)16-12-17(28(36)37)14-18(13-16)29(38)39/h4-15,26-27H,3H2,1-2H3,(H,32,35)(H,33,42)(H,36,37)(H,38,39). The third-order valence-corrected chi connectivity index (χ3v) is 7.10. The number of aromatic carboxylic acids is 2. The van der Waals surface area contributed by atoms with Crippen LogP contribution >= 0.6 is 12.2 Å². The van der Waals surface area contributed by atoms with Crippen molar-refractivity contribution in [3.05, 3.63) is 95.5 Å². The summed E-state index contributed by atoms with van der Waals surface area (Å²) < 4.78 is 11.8. The molecule has 0 spiro atoms. The Hall–Kier alpha value is -5.23. The van der Waals surface area contributed by atoms with E-state index in [1.54, 1.807) is 49.5 Å². The van der Waals surface area contributed by atoms with Crippen LogP contribution in [0.3, 0.4) is 0 Å². The van der Waals surface area contributed by atoms with Crippen LogP contribution in [-0.2, 0) is 4.79 Å². The predicted octanol–water partition coefficient (Wildman–Crippen LogP) is 5.27. The molecule has 42 heavy (non-hydrogen) atoms. The Morgan fingerprint density at radius 3 is 2.40 bits per heavy atom. The largest absolute Gasteiger partial charge is 0.494 e. The maximum atomic E-state index is 12.0. The summed E-state index contributed by atoms with van der Waals surface area (Å²) in [4.78, 5) is 41.7. The third kappa shape index (κ3) is 5.52. The highest BCUT2D eigenvalue weighted by Crippen LogP contribution is 2.44. The Kier molecular flexibility index (Phi) is 7.89. The molecule has 214 valence electrons. The summed E-state index contributed by atoms with van der Waals surface area (Å²) in [5.74, 6) is -1.50. The van der Waals surface area contributed by atoms with Gasteiger partial charge >= 0.3 is 11.9 Å². The number of nitrogens with one attached hydrogen (secondary N) is 2. The lowest BCUT2D eigenvalue weighted by Crippen LogP contribution is -2.29. The molecular weight excluding hydrogens is 560 g/mol. The molecule has 11 nitrogen and oxygen atoms in total. The Morgan fingerprint density at radius 2 is 1.79 bits per heavy atom. The van der Waals surface area contributed by atoms with Crippen LogP contribution in [0, 0.1) is 0 Å². The molecule has 0 saturated carbocycles. The lowest BCUT2D eigenvalue weighted by Gasteiger charge is -2.27. The van der Waals surface area contributed by atoms with Gasteiger partial charge in [0.15, 0.2) is 5.11 Å². The van der Waals surface area contributed by atoms with Crippen LogP contribution < -0.4 is 20.3 Å². The molecule has 0 radical (unpaired) electrons. The zero-order chi connectivity index (χ0) is 30.0. The number of aromatic nitrogens is 1. The molecule has 5 rings (SSSR count). The number of pyridine rings is 1. The highest BCUT2D eigenvalue weighted by Gasteiger charge is 2.43. The number of thiocarbonyl (C=S) groups is 1. The molecule has 0 aliphatic carbocycles. The van der Waals surface area contributed by atoms with Gasteiger partial charge in [0.2, 0.25) is 5.91 Å². The maximum absolute atomic E-state index is 12.0. The van der Waals surface area contributed by atoms with E-state index in [0.717, 1.165) is 6.07 Å². The van der Waals surface area contributed by atoms with Crippen LogP contribution in [0.2, 0.25) is 0 Å². The summed E-state index contributed by atoms with van der Waals surface area (Å²) in [6.07, 6.45) is 1.98. The minimum absolute atomic E-state index is 0.159. The van der Waals surface area contributed by atoms with E-state index < -0.39 is 24.0 Å². The van der Waals surface area contributed by atoms with Crippen molar-refractivity contribution in [2.75, 3.05) is 17.3 Å². The monoisotopic (exact) mass is 586 g/mol. The molecule has 12 heteroatoms. The molecule has 3 heterocycles. The predicted molar refractivity (Wildman–Crippen MR) is 158 cm³/mol. The number of hydrogen-bond acceptors (Lipinski definition) is 7. The van der Waals surface area contributed by atoms with Gasteiger partial charge in [-0.2, -0.15) is 0 Å². The van der Waals surface area contributed by atoms with E-state index in [1.807, 2.05) is 17.0 Å².